The molecule has 3 nitrogen and oxygen atoms in total. The Balaban J connectivity index is 2.03. The van der Waals surface area contributed by atoms with Crippen LogP contribution in [0.3, 0.4) is 0 Å². The number of rotatable bonds is 6. The van der Waals surface area contributed by atoms with Crippen LogP contribution in [-0.2, 0) is 6.54 Å². The van der Waals surface area contributed by atoms with Gasteiger partial charge in [-0.3, -0.25) is 4.90 Å². The van der Waals surface area contributed by atoms with E-state index in [1.165, 1.54) is 24.8 Å². The highest BCUT2D eigenvalue weighted by Crippen LogP contribution is 2.30. The molecule has 0 heterocycles. The molecule has 0 amide bonds. The first-order valence-electron chi connectivity index (χ1n) is 6.94. The average Bonchev–Trinajstić information content (AvgIpc) is 2.87. The van der Waals surface area contributed by atoms with Gasteiger partial charge in [0.1, 0.15) is 0 Å². The quantitative estimate of drug-likeness (QED) is 0.804. The van der Waals surface area contributed by atoms with Gasteiger partial charge in [0, 0.05) is 19.1 Å². The highest BCUT2D eigenvalue weighted by molar-refractivity contribution is 5.14. The van der Waals surface area contributed by atoms with Crippen molar-refractivity contribution in [3.05, 3.63) is 35.9 Å². The predicted molar refractivity (Wildman–Crippen MR) is 74.1 cm³/mol. The maximum Gasteiger partial charge on any atom is 0.0558 e. The Hall–Kier alpha value is -0.900. The van der Waals surface area contributed by atoms with Crippen molar-refractivity contribution in [2.45, 2.75) is 31.8 Å². The first-order valence-corrected chi connectivity index (χ1v) is 6.94. The van der Waals surface area contributed by atoms with Crippen LogP contribution in [0.4, 0.5) is 0 Å². The van der Waals surface area contributed by atoms with Crippen molar-refractivity contribution in [2.24, 2.45) is 11.7 Å². The number of hydrogen-bond acceptors (Lipinski definition) is 3. The van der Waals surface area contributed by atoms with Crippen molar-refractivity contribution < 1.29 is 5.11 Å². The van der Waals surface area contributed by atoms with E-state index >= 15 is 0 Å². The monoisotopic (exact) mass is 248 g/mol. The smallest absolute Gasteiger partial charge is 0.0558 e. The molecular weight excluding hydrogens is 224 g/mol. The van der Waals surface area contributed by atoms with E-state index in [-0.39, 0.29) is 6.61 Å². The Morgan fingerprint density at radius 3 is 2.67 bits per heavy atom. The molecule has 1 aliphatic carbocycles. The van der Waals surface area contributed by atoms with E-state index in [4.69, 9.17) is 5.73 Å². The summed E-state index contributed by atoms with van der Waals surface area (Å²) in [6, 6.07) is 11.0. The van der Waals surface area contributed by atoms with Gasteiger partial charge in [-0.05, 0) is 30.9 Å². The molecule has 0 radical (unpaired) electrons. The summed E-state index contributed by atoms with van der Waals surface area (Å²) in [6.45, 7) is 2.65. The first-order chi connectivity index (χ1) is 8.85. The van der Waals surface area contributed by atoms with Gasteiger partial charge in [0.05, 0.1) is 6.61 Å². The topological polar surface area (TPSA) is 49.5 Å². The molecule has 3 N–H and O–H groups in total. The van der Waals surface area contributed by atoms with Gasteiger partial charge in [0.25, 0.3) is 0 Å². The minimum atomic E-state index is 0.223. The maximum absolute atomic E-state index is 9.26. The van der Waals surface area contributed by atoms with Crippen molar-refractivity contribution in [1.29, 1.82) is 0 Å². The molecule has 1 aromatic rings. The van der Waals surface area contributed by atoms with E-state index in [9.17, 15) is 5.11 Å². The summed E-state index contributed by atoms with van der Waals surface area (Å²) in [4.78, 5) is 2.40. The maximum atomic E-state index is 9.26. The minimum absolute atomic E-state index is 0.223. The molecule has 0 spiro atoms. The summed E-state index contributed by atoms with van der Waals surface area (Å²) in [5.41, 5.74) is 7.18. The molecule has 1 saturated carbocycles. The van der Waals surface area contributed by atoms with Crippen LogP contribution < -0.4 is 5.73 Å². The molecule has 2 atom stereocenters. The number of benzene rings is 1. The zero-order chi connectivity index (χ0) is 12.8. The van der Waals surface area contributed by atoms with E-state index in [0.29, 0.717) is 12.0 Å². The van der Waals surface area contributed by atoms with Gasteiger partial charge in [-0.25, -0.2) is 0 Å². The average molecular weight is 248 g/mol. The number of nitrogens with two attached hydrogens (primary N) is 1. The molecule has 2 rings (SSSR count). The van der Waals surface area contributed by atoms with Crippen LogP contribution >= 0.6 is 0 Å². The number of hydrogen-bond donors (Lipinski definition) is 2. The van der Waals surface area contributed by atoms with E-state index < -0.39 is 0 Å². The summed E-state index contributed by atoms with van der Waals surface area (Å²) in [7, 11) is 0. The van der Waals surface area contributed by atoms with E-state index in [2.05, 4.69) is 29.2 Å². The molecule has 100 valence electrons. The molecule has 0 bridgehead atoms. The third-order valence-corrected chi connectivity index (χ3v) is 4.01. The van der Waals surface area contributed by atoms with Gasteiger partial charge < -0.3 is 10.8 Å². The Kier molecular flexibility index (Phi) is 5.17. The van der Waals surface area contributed by atoms with Crippen LogP contribution in [-0.4, -0.2) is 35.7 Å². The Morgan fingerprint density at radius 1 is 1.22 bits per heavy atom. The van der Waals surface area contributed by atoms with E-state index in [0.717, 1.165) is 19.6 Å². The highest BCUT2D eigenvalue weighted by atomic mass is 16.3. The summed E-state index contributed by atoms with van der Waals surface area (Å²) in [5.74, 6) is 0.597. The SMILES string of the molecule is NCC1CCCC1N(CCO)Cc1ccccc1. The van der Waals surface area contributed by atoms with Crippen LogP contribution in [0.5, 0.6) is 0 Å². The van der Waals surface area contributed by atoms with Crippen molar-refractivity contribution in [3.63, 3.8) is 0 Å². The molecule has 0 aliphatic heterocycles. The predicted octanol–water partition coefficient (Wildman–Crippen LogP) is 1.61. The van der Waals surface area contributed by atoms with Gasteiger partial charge in [0.15, 0.2) is 0 Å². The zero-order valence-electron chi connectivity index (χ0n) is 11.0. The summed E-state index contributed by atoms with van der Waals surface area (Å²) in [6.07, 6.45) is 3.72. The molecule has 0 saturated heterocycles. The summed E-state index contributed by atoms with van der Waals surface area (Å²) < 4.78 is 0. The molecule has 3 heteroatoms. The lowest BCUT2D eigenvalue weighted by molar-refractivity contribution is 0.120. The van der Waals surface area contributed by atoms with E-state index in [1.54, 1.807) is 0 Å². The summed E-state index contributed by atoms with van der Waals surface area (Å²) in [5, 5.41) is 9.26. The van der Waals surface area contributed by atoms with Gasteiger partial charge >= 0.3 is 0 Å². The molecular formula is C15H24N2O. The fourth-order valence-corrected chi connectivity index (χ4v) is 3.08. The fourth-order valence-electron chi connectivity index (χ4n) is 3.08. The molecule has 1 aliphatic rings. The number of aliphatic hydroxyl groups excluding tert-OH is 1. The molecule has 2 unspecified atom stereocenters. The standard InChI is InChI=1S/C15H24N2O/c16-11-14-7-4-8-15(14)17(9-10-18)12-13-5-2-1-3-6-13/h1-3,5-6,14-15,18H,4,7-12,16H2. The Bertz CT molecular complexity index is 342. The van der Waals surface area contributed by atoms with Crippen molar-refractivity contribution in [3.8, 4) is 0 Å². The van der Waals surface area contributed by atoms with Crippen LogP contribution in [0.15, 0.2) is 30.3 Å². The van der Waals surface area contributed by atoms with Crippen LogP contribution in [0.25, 0.3) is 0 Å². The minimum Gasteiger partial charge on any atom is -0.395 e. The second-order valence-corrected chi connectivity index (χ2v) is 5.17. The van der Waals surface area contributed by atoms with Crippen molar-refractivity contribution in [2.75, 3.05) is 19.7 Å². The lowest BCUT2D eigenvalue weighted by atomic mass is 10.0. The fraction of sp³-hybridized carbons (Fsp3) is 0.600. The second kappa shape index (κ2) is 6.88. The molecule has 0 aromatic heterocycles. The zero-order valence-corrected chi connectivity index (χ0v) is 11.0. The van der Waals surface area contributed by atoms with Crippen LogP contribution in [0.1, 0.15) is 24.8 Å². The van der Waals surface area contributed by atoms with E-state index in [1.807, 2.05) is 6.07 Å². The lowest BCUT2D eigenvalue weighted by Gasteiger charge is -2.32. The van der Waals surface area contributed by atoms with Crippen LogP contribution in [0.2, 0.25) is 0 Å². The van der Waals surface area contributed by atoms with Gasteiger partial charge in [-0.1, -0.05) is 36.8 Å². The lowest BCUT2D eigenvalue weighted by Crippen LogP contribution is -2.41. The number of nitrogens with zero attached hydrogens (tertiary/aromatic N) is 1. The van der Waals surface area contributed by atoms with Gasteiger partial charge in [-0.2, -0.15) is 0 Å². The number of aliphatic hydroxyl groups is 1. The third kappa shape index (κ3) is 3.31. The summed E-state index contributed by atoms with van der Waals surface area (Å²) >= 11 is 0. The molecule has 18 heavy (non-hydrogen) atoms. The highest BCUT2D eigenvalue weighted by Gasteiger charge is 2.30. The van der Waals surface area contributed by atoms with Gasteiger partial charge in [-0.15, -0.1) is 0 Å². The third-order valence-electron chi connectivity index (χ3n) is 4.01. The first kappa shape index (κ1) is 13.5. The molecule has 1 fully saturated rings. The Labute approximate surface area is 110 Å². The van der Waals surface area contributed by atoms with Gasteiger partial charge in [0.2, 0.25) is 0 Å². The largest absolute Gasteiger partial charge is 0.395 e. The van der Waals surface area contributed by atoms with Crippen molar-refractivity contribution in [1.82, 2.24) is 4.90 Å². The second-order valence-electron chi connectivity index (χ2n) is 5.17. The molecule has 1 aromatic carbocycles. The Morgan fingerprint density at radius 2 is 2.00 bits per heavy atom. The van der Waals surface area contributed by atoms with Crippen molar-refractivity contribution >= 4 is 0 Å². The van der Waals surface area contributed by atoms with Crippen LogP contribution in [0, 0.1) is 5.92 Å². The normalized spacial score (nSPS) is 23.7.